The molecule has 0 aliphatic carbocycles. The van der Waals surface area contributed by atoms with Crippen LogP contribution < -0.4 is 4.57 Å². The molecule has 25 heavy (non-hydrogen) atoms. The maximum Gasteiger partial charge on any atom is 0.262 e. The van der Waals surface area contributed by atoms with Gasteiger partial charge in [-0.25, -0.2) is 8.42 Å². The van der Waals surface area contributed by atoms with E-state index in [0.717, 1.165) is 20.8 Å². The van der Waals surface area contributed by atoms with E-state index in [1.165, 1.54) is 5.56 Å². The van der Waals surface area contributed by atoms with E-state index < -0.39 is 10.1 Å². The summed E-state index contributed by atoms with van der Waals surface area (Å²) in [6.07, 6.45) is 4.40. The van der Waals surface area contributed by atoms with Crippen LogP contribution in [0.25, 0.3) is 22.4 Å². The maximum atomic E-state index is 10.9. The average Bonchev–Trinajstić information content (AvgIpc) is 2.91. The molecular formula is C19H19NO3S2. The van der Waals surface area contributed by atoms with Gasteiger partial charge in [0.2, 0.25) is 5.52 Å². The molecule has 130 valence electrons. The van der Waals surface area contributed by atoms with Gasteiger partial charge in [0.15, 0.2) is 6.54 Å². The van der Waals surface area contributed by atoms with Gasteiger partial charge in [0.25, 0.3) is 5.01 Å². The van der Waals surface area contributed by atoms with E-state index in [1.807, 2.05) is 36.4 Å². The first-order valence-electron chi connectivity index (χ1n) is 8.02. The lowest BCUT2D eigenvalue weighted by Crippen LogP contribution is -2.35. The van der Waals surface area contributed by atoms with Crippen LogP contribution in [0.5, 0.6) is 0 Å². The molecule has 0 fully saturated rings. The Morgan fingerprint density at radius 3 is 2.52 bits per heavy atom. The maximum absolute atomic E-state index is 10.9. The lowest BCUT2D eigenvalue weighted by Gasteiger charge is -2.04. The van der Waals surface area contributed by atoms with E-state index in [-0.39, 0.29) is 5.75 Å². The zero-order valence-corrected chi connectivity index (χ0v) is 15.5. The van der Waals surface area contributed by atoms with Crippen molar-refractivity contribution in [3.8, 4) is 0 Å². The summed E-state index contributed by atoms with van der Waals surface area (Å²) in [7, 11) is -4.18. The van der Waals surface area contributed by atoms with E-state index in [9.17, 15) is 13.0 Å². The summed E-state index contributed by atoms with van der Waals surface area (Å²) in [5.41, 5.74) is 3.38. The summed E-state index contributed by atoms with van der Waals surface area (Å²) in [6, 6.07) is 16.3. The molecule has 0 radical (unpaired) electrons. The number of thiazole rings is 1. The molecule has 0 aliphatic rings. The number of nitrogens with zero attached hydrogens (tertiary/aromatic N) is 1. The number of hydrogen-bond acceptors (Lipinski definition) is 4. The van der Waals surface area contributed by atoms with E-state index in [1.54, 1.807) is 11.3 Å². The van der Waals surface area contributed by atoms with Gasteiger partial charge < -0.3 is 4.55 Å². The topological polar surface area (TPSA) is 61.1 Å². The van der Waals surface area contributed by atoms with Crippen LogP contribution in [0.1, 0.15) is 22.6 Å². The second-order valence-electron chi connectivity index (χ2n) is 5.92. The lowest BCUT2D eigenvalue weighted by atomic mass is 10.1. The molecule has 3 rings (SSSR count). The Morgan fingerprint density at radius 2 is 1.80 bits per heavy atom. The van der Waals surface area contributed by atoms with Crippen molar-refractivity contribution in [3.05, 3.63) is 64.7 Å². The van der Waals surface area contributed by atoms with Gasteiger partial charge in [-0.3, -0.25) is 0 Å². The molecule has 0 saturated heterocycles. The van der Waals surface area contributed by atoms with Crippen molar-refractivity contribution >= 4 is 43.8 Å². The lowest BCUT2D eigenvalue weighted by molar-refractivity contribution is -0.668. The minimum absolute atomic E-state index is 0.308. The molecule has 0 unspecified atom stereocenters. The van der Waals surface area contributed by atoms with Crippen LogP contribution in [0.3, 0.4) is 0 Å². The van der Waals surface area contributed by atoms with Crippen molar-refractivity contribution in [2.24, 2.45) is 0 Å². The first kappa shape index (κ1) is 17.8. The molecule has 4 nitrogen and oxygen atoms in total. The van der Waals surface area contributed by atoms with Crippen molar-refractivity contribution < 1.29 is 17.5 Å². The third kappa shape index (κ3) is 4.75. The van der Waals surface area contributed by atoms with E-state index in [2.05, 4.69) is 35.8 Å². The standard InChI is InChI=1S/C19H19NO3S2/c1-15-7-9-16(10-8-15)11-12-19-20(13-4-14-25(21,22)23)17-5-2-3-6-18(17)24-19/h2-3,5-12H,4,13-14H2,1H3. The quantitative estimate of drug-likeness (QED) is 0.490. The zero-order chi connectivity index (χ0) is 17.9. The molecule has 0 amide bonds. The molecule has 2 aromatic carbocycles. The Labute approximate surface area is 151 Å². The summed E-state index contributed by atoms with van der Waals surface area (Å²) in [5.74, 6) is -0.342. The fourth-order valence-electron chi connectivity index (χ4n) is 2.65. The van der Waals surface area contributed by atoms with Gasteiger partial charge in [0, 0.05) is 24.3 Å². The van der Waals surface area contributed by atoms with Gasteiger partial charge in [-0.05, 0) is 24.6 Å². The SMILES string of the molecule is Cc1ccc(C=Cc2sc3ccccc3[n+]2CCCS(=O)(=O)[O-])cc1. The Morgan fingerprint density at radius 1 is 1.08 bits per heavy atom. The number of aryl methyl sites for hydroxylation is 2. The van der Waals surface area contributed by atoms with Crippen LogP contribution in [0.2, 0.25) is 0 Å². The molecule has 0 spiro atoms. The van der Waals surface area contributed by atoms with Gasteiger partial charge in [-0.2, -0.15) is 4.57 Å². The fraction of sp³-hybridized carbons (Fsp3) is 0.211. The second kappa shape index (κ2) is 7.47. The number of rotatable bonds is 6. The Hall–Kier alpha value is -2.02. The van der Waals surface area contributed by atoms with Crippen LogP contribution in [0.4, 0.5) is 0 Å². The minimum Gasteiger partial charge on any atom is -0.748 e. The molecule has 1 heterocycles. The molecule has 0 N–H and O–H groups in total. The molecule has 0 saturated carbocycles. The van der Waals surface area contributed by atoms with Gasteiger partial charge >= 0.3 is 0 Å². The largest absolute Gasteiger partial charge is 0.748 e. The minimum atomic E-state index is -4.18. The van der Waals surface area contributed by atoms with Crippen LogP contribution in [-0.4, -0.2) is 18.7 Å². The Bertz CT molecular complexity index is 1000. The smallest absolute Gasteiger partial charge is 0.262 e. The van der Waals surface area contributed by atoms with Gasteiger partial charge in [0.1, 0.15) is 4.70 Å². The normalized spacial score (nSPS) is 12.2. The average molecular weight is 373 g/mol. The third-order valence-corrected chi connectivity index (χ3v) is 5.83. The molecule has 6 heteroatoms. The monoisotopic (exact) mass is 373 g/mol. The Kier molecular flexibility index (Phi) is 5.32. The van der Waals surface area contributed by atoms with Crippen LogP contribution >= 0.6 is 11.3 Å². The van der Waals surface area contributed by atoms with Crippen molar-refractivity contribution in [3.63, 3.8) is 0 Å². The van der Waals surface area contributed by atoms with Crippen LogP contribution in [0, 0.1) is 6.92 Å². The van der Waals surface area contributed by atoms with E-state index in [4.69, 9.17) is 0 Å². The number of aromatic nitrogens is 1. The van der Waals surface area contributed by atoms with Crippen molar-refractivity contribution in [1.82, 2.24) is 0 Å². The highest BCUT2D eigenvalue weighted by Gasteiger charge is 2.18. The number of para-hydroxylation sites is 1. The van der Waals surface area contributed by atoms with E-state index in [0.29, 0.717) is 13.0 Å². The summed E-state index contributed by atoms with van der Waals surface area (Å²) in [4.78, 5) is 0. The zero-order valence-electron chi connectivity index (χ0n) is 13.9. The predicted molar refractivity (Wildman–Crippen MR) is 101 cm³/mol. The van der Waals surface area contributed by atoms with Gasteiger partial charge in [-0.1, -0.05) is 53.3 Å². The first-order chi connectivity index (χ1) is 11.9. The van der Waals surface area contributed by atoms with E-state index >= 15 is 0 Å². The summed E-state index contributed by atoms with van der Waals surface area (Å²) in [6.45, 7) is 2.55. The molecule has 1 aromatic heterocycles. The highest BCUT2D eigenvalue weighted by atomic mass is 32.2. The predicted octanol–water partition coefficient (Wildman–Crippen LogP) is 3.60. The van der Waals surface area contributed by atoms with Crippen molar-refractivity contribution in [2.75, 3.05) is 5.75 Å². The highest BCUT2D eigenvalue weighted by molar-refractivity contribution is 7.85. The van der Waals surface area contributed by atoms with Crippen LogP contribution in [-0.2, 0) is 16.7 Å². The molecule has 0 bridgehead atoms. The highest BCUT2D eigenvalue weighted by Crippen LogP contribution is 2.22. The third-order valence-electron chi connectivity index (χ3n) is 3.91. The van der Waals surface area contributed by atoms with Crippen LogP contribution in [0.15, 0.2) is 48.5 Å². The van der Waals surface area contributed by atoms with Gasteiger partial charge in [-0.15, -0.1) is 0 Å². The summed E-state index contributed by atoms with van der Waals surface area (Å²) in [5, 5.41) is 1.03. The summed E-state index contributed by atoms with van der Waals surface area (Å²) < 4.78 is 35.8. The first-order valence-corrected chi connectivity index (χ1v) is 10.4. The van der Waals surface area contributed by atoms with Gasteiger partial charge in [0.05, 0.1) is 10.1 Å². The number of fused-ring (bicyclic) bond motifs is 1. The summed E-state index contributed by atoms with van der Waals surface area (Å²) >= 11 is 1.65. The fourth-order valence-corrected chi connectivity index (χ4v) is 4.23. The van der Waals surface area contributed by atoms with Crippen molar-refractivity contribution in [2.45, 2.75) is 19.9 Å². The number of hydrogen-bond donors (Lipinski definition) is 0. The molecule has 0 aliphatic heterocycles. The molecular weight excluding hydrogens is 354 g/mol. The second-order valence-corrected chi connectivity index (χ2v) is 8.50. The molecule has 0 atom stereocenters. The molecule has 3 aromatic rings. The number of benzene rings is 2. The van der Waals surface area contributed by atoms with Crippen molar-refractivity contribution in [1.29, 1.82) is 0 Å². The Balaban J connectivity index is 1.90.